The Morgan fingerprint density at radius 1 is 1.44 bits per heavy atom. The van der Waals surface area contributed by atoms with E-state index in [1.807, 2.05) is 0 Å². The summed E-state index contributed by atoms with van der Waals surface area (Å²) in [4.78, 5) is 0. The number of anilines is 1. The van der Waals surface area contributed by atoms with Crippen molar-refractivity contribution in [3.8, 4) is 5.75 Å². The van der Waals surface area contributed by atoms with Gasteiger partial charge in [-0.15, -0.1) is 0 Å². The summed E-state index contributed by atoms with van der Waals surface area (Å²) in [5.74, 6) is 0.629. The molecule has 0 aliphatic carbocycles. The Bertz CT molecular complexity index is 459. The number of ether oxygens (including phenoxy) is 1. The third-order valence-electron chi connectivity index (χ3n) is 1.87. The number of nitrogen functional groups attached to an aromatic ring is 1. The van der Waals surface area contributed by atoms with Crippen molar-refractivity contribution in [2.45, 2.75) is 6.42 Å². The molecule has 1 aromatic carbocycles. The second kappa shape index (κ2) is 5.41. The predicted octanol–water partition coefficient (Wildman–Crippen LogP) is 1.74. The van der Waals surface area contributed by atoms with Crippen LogP contribution in [0.4, 0.5) is 5.69 Å². The van der Waals surface area contributed by atoms with Crippen molar-refractivity contribution in [3.63, 3.8) is 0 Å². The molecule has 0 atom stereocenters. The van der Waals surface area contributed by atoms with E-state index in [2.05, 4.69) is 0 Å². The summed E-state index contributed by atoms with van der Waals surface area (Å²) >= 11 is 5.88. The zero-order valence-electron chi connectivity index (χ0n) is 8.94. The topological polar surface area (TPSA) is 69.4 Å². The first-order valence-corrected chi connectivity index (χ1v) is 7.18. The summed E-state index contributed by atoms with van der Waals surface area (Å²) in [5.41, 5.74) is 6.08. The molecule has 90 valence electrons. The Hall–Kier alpha value is -0.940. The number of sulfone groups is 1. The summed E-state index contributed by atoms with van der Waals surface area (Å²) in [7, 11) is -2.93. The zero-order chi connectivity index (χ0) is 12.2. The van der Waals surface area contributed by atoms with Gasteiger partial charge in [0.1, 0.15) is 15.6 Å². The molecule has 0 aliphatic heterocycles. The van der Waals surface area contributed by atoms with Gasteiger partial charge in [-0.05, 0) is 24.6 Å². The van der Waals surface area contributed by atoms with Crippen LogP contribution in [0, 0.1) is 0 Å². The molecule has 1 rings (SSSR count). The van der Waals surface area contributed by atoms with E-state index in [4.69, 9.17) is 22.1 Å². The number of hydrogen-bond donors (Lipinski definition) is 1. The smallest absolute Gasteiger partial charge is 0.147 e. The highest BCUT2D eigenvalue weighted by Gasteiger charge is 2.04. The number of benzene rings is 1. The lowest BCUT2D eigenvalue weighted by Crippen LogP contribution is -2.08. The van der Waals surface area contributed by atoms with Crippen LogP contribution in [0.5, 0.6) is 5.75 Å². The van der Waals surface area contributed by atoms with Gasteiger partial charge in [0.05, 0.1) is 17.4 Å². The third kappa shape index (κ3) is 4.72. The highest BCUT2D eigenvalue weighted by molar-refractivity contribution is 7.90. The van der Waals surface area contributed by atoms with Crippen LogP contribution < -0.4 is 10.5 Å². The van der Waals surface area contributed by atoms with Gasteiger partial charge in [0.2, 0.25) is 0 Å². The van der Waals surface area contributed by atoms with Crippen LogP contribution in [0.25, 0.3) is 0 Å². The van der Waals surface area contributed by atoms with Crippen LogP contribution >= 0.6 is 11.6 Å². The molecular weight excluding hydrogens is 250 g/mol. The quantitative estimate of drug-likeness (QED) is 0.649. The fraction of sp³-hybridized carbons (Fsp3) is 0.400. The molecule has 0 fully saturated rings. The minimum Gasteiger partial charge on any atom is -0.492 e. The largest absolute Gasteiger partial charge is 0.492 e. The first kappa shape index (κ1) is 13.1. The maximum absolute atomic E-state index is 10.9. The molecule has 0 unspecified atom stereocenters. The average Bonchev–Trinajstić information content (AvgIpc) is 2.13. The van der Waals surface area contributed by atoms with Gasteiger partial charge in [-0.3, -0.25) is 0 Å². The first-order chi connectivity index (χ1) is 7.38. The van der Waals surface area contributed by atoms with Gasteiger partial charge < -0.3 is 10.5 Å². The van der Waals surface area contributed by atoms with E-state index in [9.17, 15) is 8.42 Å². The SMILES string of the molecule is CS(=O)(=O)CCCOc1ccc(N)cc1Cl. The number of hydrogen-bond acceptors (Lipinski definition) is 4. The van der Waals surface area contributed by atoms with Crippen LogP contribution in [0.2, 0.25) is 5.02 Å². The molecule has 4 nitrogen and oxygen atoms in total. The first-order valence-electron chi connectivity index (χ1n) is 4.74. The molecule has 0 saturated carbocycles. The summed E-state index contributed by atoms with van der Waals surface area (Å²) in [6.45, 7) is 0.316. The van der Waals surface area contributed by atoms with Gasteiger partial charge in [0, 0.05) is 11.9 Å². The zero-order valence-corrected chi connectivity index (χ0v) is 10.5. The lowest BCUT2D eigenvalue weighted by Gasteiger charge is -2.07. The summed E-state index contributed by atoms with van der Waals surface area (Å²) < 4.78 is 27.0. The van der Waals surface area contributed by atoms with Crippen LogP contribution in [0.3, 0.4) is 0 Å². The van der Waals surface area contributed by atoms with Gasteiger partial charge in [0.25, 0.3) is 0 Å². The average molecular weight is 264 g/mol. The molecule has 0 radical (unpaired) electrons. The Morgan fingerprint density at radius 3 is 2.69 bits per heavy atom. The molecule has 0 spiro atoms. The normalized spacial score (nSPS) is 11.4. The molecule has 16 heavy (non-hydrogen) atoms. The Morgan fingerprint density at radius 2 is 2.12 bits per heavy atom. The molecule has 0 heterocycles. The molecule has 0 bridgehead atoms. The van der Waals surface area contributed by atoms with Gasteiger partial charge in [-0.2, -0.15) is 0 Å². The minimum absolute atomic E-state index is 0.111. The highest BCUT2D eigenvalue weighted by atomic mass is 35.5. The fourth-order valence-electron chi connectivity index (χ4n) is 1.14. The van der Waals surface area contributed by atoms with Crippen molar-refractivity contribution >= 4 is 27.1 Å². The Kier molecular flexibility index (Phi) is 4.44. The molecule has 6 heteroatoms. The Labute approximate surface area is 100 Å². The van der Waals surface area contributed by atoms with E-state index < -0.39 is 9.84 Å². The van der Waals surface area contributed by atoms with E-state index in [1.165, 1.54) is 6.26 Å². The molecule has 2 N–H and O–H groups in total. The number of rotatable bonds is 5. The maximum Gasteiger partial charge on any atom is 0.147 e. The predicted molar refractivity (Wildman–Crippen MR) is 65.7 cm³/mol. The van der Waals surface area contributed by atoms with Crippen LogP contribution in [0.1, 0.15) is 6.42 Å². The number of nitrogens with two attached hydrogens (primary N) is 1. The van der Waals surface area contributed by atoms with Gasteiger partial charge in [0.15, 0.2) is 0 Å². The molecule has 1 aromatic rings. The van der Waals surface area contributed by atoms with E-state index in [0.29, 0.717) is 29.5 Å². The van der Waals surface area contributed by atoms with Crippen molar-refractivity contribution in [1.82, 2.24) is 0 Å². The van der Waals surface area contributed by atoms with Crippen molar-refractivity contribution in [2.75, 3.05) is 24.3 Å². The molecule has 0 aromatic heterocycles. The molecule has 0 amide bonds. The molecule has 0 saturated heterocycles. The third-order valence-corrected chi connectivity index (χ3v) is 3.20. The van der Waals surface area contributed by atoms with Crippen molar-refractivity contribution < 1.29 is 13.2 Å². The summed E-state index contributed by atoms with van der Waals surface area (Å²) in [5, 5.41) is 0.430. The summed E-state index contributed by atoms with van der Waals surface area (Å²) in [6.07, 6.45) is 1.64. The standard InChI is InChI=1S/C10H14ClNO3S/c1-16(13,14)6-2-5-15-10-4-3-8(12)7-9(10)11/h3-4,7H,2,5-6,12H2,1H3. The lowest BCUT2D eigenvalue weighted by atomic mass is 10.3. The minimum atomic E-state index is -2.93. The van der Waals surface area contributed by atoms with Crippen LogP contribution in [-0.2, 0) is 9.84 Å². The van der Waals surface area contributed by atoms with Crippen molar-refractivity contribution in [1.29, 1.82) is 0 Å². The van der Waals surface area contributed by atoms with Gasteiger partial charge in [-0.1, -0.05) is 11.6 Å². The monoisotopic (exact) mass is 263 g/mol. The highest BCUT2D eigenvalue weighted by Crippen LogP contribution is 2.26. The van der Waals surface area contributed by atoms with E-state index in [-0.39, 0.29) is 5.75 Å². The van der Waals surface area contributed by atoms with Crippen LogP contribution in [0.15, 0.2) is 18.2 Å². The van der Waals surface area contributed by atoms with Gasteiger partial charge in [-0.25, -0.2) is 8.42 Å². The maximum atomic E-state index is 10.9. The van der Waals surface area contributed by atoms with Crippen molar-refractivity contribution in [3.05, 3.63) is 23.2 Å². The van der Waals surface area contributed by atoms with Crippen molar-refractivity contribution in [2.24, 2.45) is 0 Å². The summed E-state index contributed by atoms with van der Waals surface area (Å²) in [6, 6.07) is 4.93. The molecule has 0 aliphatic rings. The van der Waals surface area contributed by atoms with Gasteiger partial charge >= 0.3 is 0 Å². The lowest BCUT2D eigenvalue weighted by molar-refractivity contribution is 0.318. The Balaban J connectivity index is 2.43. The van der Waals surface area contributed by atoms with Crippen LogP contribution in [-0.4, -0.2) is 27.0 Å². The van der Waals surface area contributed by atoms with E-state index >= 15 is 0 Å². The molecular formula is C10H14ClNO3S. The number of halogens is 1. The van der Waals surface area contributed by atoms with E-state index in [0.717, 1.165) is 0 Å². The second-order valence-electron chi connectivity index (χ2n) is 3.52. The second-order valence-corrected chi connectivity index (χ2v) is 6.19. The van der Waals surface area contributed by atoms with E-state index in [1.54, 1.807) is 18.2 Å². The fourth-order valence-corrected chi connectivity index (χ4v) is 2.02.